The van der Waals surface area contributed by atoms with Crippen LogP contribution >= 0.6 is 11.3 Å². The zero-order valence-corrected chi connectivity index (χ0v) is 33.3. The highest BCUT2D eigenvalue weighted by Crippen LogP contribution is 2.44. The summed E-state index contributed by atoms with van der Waals surface area (Å²) in [5.41, 5.74) is 17.2. The summed E-state index contributed by atoms with van der Waals surface area (Å²) in [6.07, 6.45) is 6.83. The molecule has 0 saturated carbocycles. The predicted octanol–water partition coefficient (Wildman–Crippen LogP) is 15.7. The van der Waals surface area contributed by atoms with Crippen LogP contribution in [-0.4, -0.2) is 4.98 Å². The molecule has 0 aliphatic heterocycles. The number of hydrogen-bond acceptors (Lipinski definition) is 2. The number of aryl methyl sites for hydroxylation is 1. The van der Waals surface area contributed by atoms with Crippen LogP contribution in [0.2, 0.25) is 0 Å². The van der Waals surface area contributed by atoms with Crippen LogP contribution in [0.5, 0.6) is 0 Å². The summed E-state index contributed by atoms with van der Waals surface area (Å²) >= 11 is 1.77. The molecule has 10 aromatic rings. The third-order valence-electron chi connectivity index (χ3n) is 11.8. The molecule has 59 heavy (non-hydrogen) atoms. The molecule has 0 spiro atoms. The minimum atomic E-state index is 0.985. The van der Waals surface area contributed by atoms with E-state index in [0.717, 1.165) is 28.9 Å². The van der Waals surface area contributed by atoms with E-state index in [-0.39, 0.29) is 0 Å². The van der Waals surface area contributed by atoms with Crippen LogP contribution < -0.4 is 0 Å². The summed E-state index contributed by atoms with van der Waals surface area (Å²) in [4.78, 5) is 5.18. The van der Waals surface area contributed by atoms with E-state index in [1.54, 1.807) is 11.3 Å². The lowest BCUT2D eigenvalue weighted by atomic mass is 9.85. The number of thiazole rings is 1. The Morgan fingerprint density at radius 1 is 0.424 bits per heavy atom. The molecule has 0 amide bonds. The number of rotatable bonds is 6. The molecule has 1 aliphatic carbocycles. The minimum Gasteiger partial charge on any atom is -0.235 e. The Morgan fingerprint density at radius 2 is 1.05 bits per heavy atom. The highest BCUT2D eigenvalue weighted by molar-refractivity contribution is 7.21. The van der Waals surface area contributed by atoms with Gasteiger partial charge in [0.25, 0.3) is 0 Å². The number of hydrogen-bond donors (Lipinski definition) is 0. The van der Waals surface area contributed by atoms with E-state index in [4.69, 9.17) is 4.98 Å². The van der Waals surface area contributed by atoms with Crippen molar-refractivity contribution >= 4 is 54.2 Å². The quantitative estimate of drug-likeness (QED) is 0.164. The molecule has 0 atom stereocenters. The van der Waals surface area contributed by atoms with Crippen molar-refractivity contribution in [2.75, 3.05) is 0 Å². The van der Waals surface area contributed by atoms with Gasteiger partial charge >= 0.3 is 0 Å². The van der Waals surface area contributed by atoms with Gasteiger partial charge in [0.15, 0.2) is 0 Å². The largest absolute Gasteiger partial charge is 0.235 e. The van der Waals surface area contributed by atoms with E-state index in [1.165, 1.54) is 93.0 Å². The first kappa shape index (κ1) is 35.1. The third-order valence-corrected chi connectivity index (χ3v) is 12.8. The fourth-order valence-corrected chi connectivity index (χ4v) is 9.99. The van der Waals surface area contributed by atoms with Crippen LogP contribution in [0.4, 0.5) is 0 Å². The van der Waals surface area contributed by atoms with Crippen molar-refractivity contribution in [3.8, 4) is 44.0 Å². The number of fused-ring (bicyclic) bond motifs is 5. The van der Waals surface area contributed by atoms with Crippen molar-refractivity contribution in [2.45, 2.75) is 12.8 Å². The van der Waals surface area contributed by atoms with E-state index in [9.17, 15) is 0 Å². The number of aromatic nitrogens is 1. The standard InChI is InChI=1S/C57H39NS/c1-3-16-39(17-4-1)52-36-43(24-13-22-38-18-7-9-28-47(38)52)42-23-14-25-44(34-42)49-33-32-40-19-8-10-29-48(40)55(49)46-27-15-26-45(35-46)53-37-54-56(51-31-12-11-30-50(51)53)58-57(59-54)41-20-5-2-6-21-41/h1-12,14-21,23-37H,13,22H2/b43-24+,52-36-. The second-order valence-corrected chi connectivity index (χ2v) is 16.4. The van der Waals surface area contributed by atoms with Crippen LogP contribution in [0.15, 0.2) is 212 Å². The Labute approximate surface area is 348 Å². The van der Waals surface area contributed by atoms with Crippen molar-refractivity contribution in [3.05, 3.63) is 235 Å². The molecule has 1 heterocycles. The first-order valence-corrected chi connectivity index (χ1v) is 21.2. The highest BCUT2D eigenvalue weighted by Gasteiger charge is 2.18. The predicted molar refractivity (Wildman–Crippen MR) is 253 cm³/mol. The molecule has 0 radical (unpaired) electrons. The lowest BCUT2D eigenvalue weighted by molar-refractivity contribution is 0.995. The van der Waals surface area contributed by atoms with Gasteiger partial charge in [-0.3, -0.25) is 0 Å². The van der Waals surface area contributed by atoms with E-state index < -0.39 is 0 Å². The number of benzene rings is 9. The summed E-state index contributed by atoms with van der Waals surface area (Å²) in [6.45, 7) is 0. The van der Waals surface area contributed by atoms with E-state index in [0.29, 0.717) is 0 Å². The SMILES string of the molecule is C1=C(/c2ccccc2)c2ccccc2CC\C=C/1c1cccc(-c2ccc3ccccc3c2-c2cccc(-c3cc4sc(-c5ccccc5)nc4c4ccccc34)c2)c1. The maximum atomic E-state index is 5.18. The molecule has 0 unspecified atom stereocenters. The van der Waals surface area contributed by atoms with Gasteiger partial charge in [-0.05, 0) is 120 Å². The highest BCUT2D eigenvalue weighted by atomic mass is 32.1. The second-order valence-electron chi connectivity index (χ2n) is 15.4. The molecule has 11 rings (SSSR count). The van der Waals surface area contributed by atoms with Gasteiger partial charge in [-0.25, -0.2) is 4.98 Å². The Bertz CT molecular complexity index is 3260. The molecule has 0 N–H and O–H groups in total. The van der Waals surface area contributed by atoms with Crippen molar-refractivity contribution in [2.24, 2.45) is 0 Å². The monoisotopic (exact) mass is 769 g/mol. The third kappa shape index (κ3) is 6.49. The topological polar surface area (TPSA) is 12.9 Å². The Balaban J connectivity index is 1.05. The minimum absolute atomic E-state index is 0.985. The lowest BCUT2D eigenvalue weighted by Crippen LogP contribution is -1.99. The molecular formula is C57H39NS. The average Bonchev–Trinajstić information content (AvgIpc) is 3.74. The summed E-state index contributed by atoms with van der Waals surface area (Å²) in [5.74, 6) is 0. The zero-order valence-electron chi connectivity index (χ0n) is 32.5. The van der Waals surface area contributed by atoms with Crippen molar-refractivity contribution in [1.82, 2.24) is 4.98 Å². The molecule has 1 aromatic heterocycles. The molecule has 0 saturated heterocycles. The molecule has 2 heteroatoms. The summed E-state index contributed by atoms with van der Waals surface area (Å²) in [6, 6.07) is 73.1. The molecule has 0 bridgehead atoms. The molecule has 9 aromatic carbocycles. The fourth-order valence-electron chi connectivity index (χ4n) is 8.96. The van der Waals surface area contributed by atoms with Gasteiger partial charge in [0, 0.05) is 10.9 Å². The summed E-state index contributed by atoms with van der Waals surface area (Å²) in [7, 11) is 0. The van der Waals surface area contributed by atoms with Gasteiger partial charge < -0.3 is 0 Å². The molecular weight excluding hydrogens is 731 g/mol. The first-order chi connectivity index (χ1) is 29.2. The zero-order chi connectivity index (χ0) is 39.1. The smallest absolute Gasteiger partial charge is 0.124 e. The number of nitrogens with zero attached hydrogens (tertiary/aromatic N) is 1. The van der Waals surface area contributed by atoms with Crippen molar-refractivity contribution in [3.63, 3.8) is 0 Å². The van der Waals surface area contributed by atoms with Gasteiger partial charge in [-0.2, -0.15) is 0 Å². The van der Waals surface area contributed by atoms with Gasteiger partial charge in [0.1, 0.15) is 5.01 Å². The second kappa shape index (κ2) is 15.0. The van der Waals surface area contributed by atoms with Crippen LogP contribution in [0.25, 0.3) is 86.9 Å². The fraction of sp³-hybridized carbons (Fsp3) is 0.0351. The normalized spacial score (nSPS) is 14.6. The van der Waals surface area contributed by atoms with Crippen LogP contribution in [-0.2, 0) is 6.42 Å². The Morgan fingerprint density at radius 3 is 1.88 bits per heavy atom. The van der Waals surface area contributed by atoms with Crippen LogP contribution in [0.1, 0.15) is 28.7 Å². The molecule has 0 fully saturated rings. The van der Waals surface area contributed by atoms with E-state index in [1.807, 2.05) is 0 Å². The first-order valence-electron chi connectivity index (χ1n) is 20.4. The molecule has 1 nitrogen and oxygen atoms in total. The van der Waals surface area contributed by atoms with Crippen LogP contribution in [0.3, 0.4) is 0 Å². The van der Waals surface area contributed by atoms with Gasteiger partial charge in [0.05, 0.1) is 10.2 Å². The lowest BCUT2D eigenvalue weighted by Gasteiger charge is -2.19. The van der Waals surface area contributed by atoms with Crippen molar-refractivity contribution in [1.29, 1.82) is 0 Å². The Hall–Kier alpha value is -7.13. The summed E-state index contributed by atoms with van der Waals surface area (Å²) < 4.78 is 1.20. The Kier molecular flexibility index (Phi) is 8.91. The average molecular weight is 770 g/mol. The van der Waals surface area contributed by atoms with E-state index in [2.05, 4.69) is 212 Å². The van der Waals surface area contributed by atoms with Gasteiger partial charge in [-0.15, -0.1) is 11.3 Å². The maximum absolute atomic E-state index is 5.18. The molecule has 278 valence electrons. The van der Waals surface area contributed by atoms with Crippen molar-refractivity contribution < 1.29 is 0 Å². The summed E-state index contributed by atoms with van der Waals surface area (Å²) in [5, 5.41) is 5.92. The number of allylic oxidation sites excluding steroid dienone is 3. The molecule has 1 aliphatic rings. The van der Waals surface area contributed by atoms with Gasteiger partial charge in [0.2, 0.25) is 0 Å². The van der Waals surface area contributed by atoms with Gasteiger partial charge in [-0.1, -0.05) is 188 Å². The maximum Gasteiger partial charge on any atom is 0.124 e. The van der Waals surface area contributed by atoms with E-state index >= 15 is 0 Å². The van der Waals surface area contributed by atoms with Crippen LogP contribution in [0, 0.1) is 0 Å².